The van der Waals surface area contributed by atoms with Gasteiger partial charge in [-0.3, -0.25) is 0 Å². The lowest BCUT2D eigenvalue weighted by atomic mass is 10.1. The van der Waals surface area contributed by atoms with E-state index in [1.807, 2.05) is 0 Å². The number of hydrogen-bond donors (Lipinski definition) is 1. The van der Waals surface area contributed by atoms with Gasteiger partial charge in [-0.15, -0.1) is 0 Å². The highest BCUT2D eigenvalue weighted by molar-refractivity contribution is 5.62. The number of hydrogen-bond acceptors (Lipinski definition) is 5. The van der Waals surface area contributed by atoms with Crippen molar-refractivity contribution in [2.75, 3.05) is 0 Å². The molecule has 0 aliphatic heterocycles. The summed E-state index contributed by atoms with van der Waals surface area (Å²) in [5, 5.41) is 12.6. The topological polar surface area (TPSA) is 75.7 Å². The van der Waals surface area contributed by atoms with Crippen molar-refractivity contribution in [3.05, 3.63) is 36.1 Å². The lowest BCUT2D eigenvalue weighted by molar-refractivity contribution is 0.229. The lowest BCUT2D eigenvalue weighted by Crippen LogP contribution is -1.76. The zero-order valence-corrected chi connectivity index (χ0v) is 8.25. The van der Waals surface area contributed by atoms with Gasteiger partial charge >= 0.3 is 0 Å². The minimum absolute atomic E-state index is 0.180. The molecule has 0 fully saturated rings. The van der Waals surface area contributed by atoms with Crippen molar-refractivity contribution in [3.8, 4) is 11.3 Å². The highest BCUT2D eigenvalue weighted by Crippen LogP contribution is 2.22. The normalized spacial score (nSPS) is 9.81. The molecular formula is C11H8N2O3. The molecule has 0 saturated heterocycles. The molecule has 0 radical (unpaired) electrons. The first-order chi connectivity index (χ1) is 7.83. The number of aliphatic hydroxyl groups excluding tert-OH is 1. The predicted octanol–water partition coefficient (Wildman–Crippen LogP) is 1.80. The number of rotatable bonds is 3. The van der Waals surface area contributed by atoms with E-state index in [0.29, 0.717) is 17.1 Å². The molecule has 16 heavy (non-hydrogen) atoms. The van der Waals surface area contributed by atoms with Gasteiger partial charge in [0.05, 0.1) is 5.69 Å². The van der Waals surface area contributed by atoms with E-state index >= 15 is 0 Å². The average Bonchev–Trinajstić information content (AvgIpc) is 2.79. The molecule has 1 N–H and O–H groups in total. The van der Waals surface area contributed by atoms with Gasteiger partial charge in [-0.1, -0.05) is 17.3 Å². The number of aliphatic imine (C=N–C) groups is 1. The molecule has 1 heterocycles. The third-order valence-electron chi connectivity index (χ3n) is 2.05. The van der Waals surface area contributed by atoms with Crippen LogP contribution in [0.2, 0.25) is 0 Å². The molecule has 5 heteroatoms. The van der Waals surface area contributed by atoms with Crippen LogP contribution in [0.4, 0.5) is 5.69 Å². The van der Waals surface area contributed by atoms with Crippen molar-refractivity contribution >= 4 is 11.8 Å². The molecule has 0 atom stereocenters. The van der Waals surface area contributed by atoms with E-state index in [4.69, 9.17) is 9.63 Å². The van der Waals surface area contributed by atoms with Gasteiger partial charge in [0.2, 0.25) is 6.08 Å². The summed E-state index contributed by atoms with van der Waals surface area (Å²) in [6.45, 7) is -0.180. The Hall–Kier alpha value is -2.23. The molecule has 1 aromatic heterocycles. The van der Waals surface area contributed by atoms with Crippen molar-refractivity contribution in [3.63, 3.8) is 0 Å². The molecule has 0 aliphatic carbocycles. The molecule has 0 aliphatic rings. The lowest BCUT2D eigenvalue weighted by Gasteiger charge is -1.94. The molecule has 5 nitrogen and oxygen atoms in total. The molecule has 0 spiro atoms. The zero-order chi connectivity index (χ0) is 11.4. The van der Waals surface area contributed by atoms with Crippen LogP contribution in [0.3, 0.4) is 0 Å². The minimum Gasteiger partial charge on any atom is -0.388 e. The van der Waals surface area contributed by atoms with Crippen LogP contribution in [-0.2, 0) is 11.4 Å². The zero-order valence-electron chi connectivity index (χ0n) is 8.25. The Balaban J connectivity index is 2.30. The van der Waals surface area contributed by atoms with E-state index in [1.165, 1.54) is 6.08 Å². The molecule has 0 unspecified atom stereocenters. The van der Waals surface area contributed by atoms with Crippen LogP contribution >= 0.6 is 0 Å². The summed E-state index contributed by atoms with van der Waals surface area (Å²) in [4.78, 5) is 13.5. The predicted molar refractivity (Wildman–Crippen MR) is 55.6 cm³/mol. The highest BCUT2D eigenvalue weighted by Gasteiger charge is 2.05. The second kappa shape index (κ2) is 4.53. The summed E-state index contributed by atoms with van der Waals surface area (Å²) in [5.41, 5.74) is 1.99. The maximum atomic E-state index is 10.0. The first kappa shape index (κ1) is 10.3. The van der Waals surface area contributed by atoms with E-state index in [0.717, 1.165) is 5.56 Å². The fourth-order valence-electron chi connectivity index (χ4n) is 1.28. The van der Waals surface area contributed by atoms with Crippen molar-refractivity contribution < 1.29 is 14.4 Å². The first-order valence-corrected chi connectivity index (χ1v) is 4.58. The van der Waals surface area contributed by atoms with E-state index in [9.17, 15) is 4.79 Å². The first-order valence-electron chi connectivity index (χ1n) is 4.58. The third kappa shape index (κ3) is 2.06. The van der Waals surface area contributed by atoms with Crippen LogP contribution in [0.1, 0.15) is 5.76 Å². The number of aliphatic hydroxyl groups is 1. The molecular weight excluding hydrogens is 208 g/mol. The Kier molecular flexibility index (Phi) is 2.91. The smallest absolute Gasteiger partial charge is 0.240 e. The van der Waals surface area contributed by atoms with Gasteiger partial charge in [-0.2, -0.15) is 4.99 Å². The summed E-state index contributed by atoms with van der Waals surface area (Å²) in [7, 11) is 0. The third-order valence-corrected chi connectivity index (χ3v) is 2.05. The Labute approximate surface area is 91.0 Å². The molecule has 80 valence electrons. The van der Waals surface area contributed by atoms with Crippen LogP contribution in [0.5, 0.6) is 0 Å². The summed E-state index contributed by atoms with van der Waals surface area (Å²) >= 11 is 0. The van der Waals surface area contributed by atoms with Gasteiger partial charge in [-0.05, 0) is 12.1 Å². The second-order valence-corrected chi connectivity index (χ2v) is 3.09. The number of nitrogens with zero attached hydrogens (tertiary/aromatic N) is 2. The van der Waals surface area contributed by atoms with Gasteiger partial charge in [0.25, 0.3) is 0 Å². The molecule has 0 bridgehead atoms. The van der Waals surface area contributed by atoms with Crippen LogP contribution < -0.4 is 0 Å². The fourth-order valence-corrected chi connectivity index (χ4v) is 1.28. The molecule has 1 aromatic carbocycles. The van der Waals surface area contributed by atoms with Gasteiger partial charge in [0.15, 0.2) is 5.76 Å². The largest absolute Gasteiger partial charge is 0.388 e. The maximum absolute atomic E-state index is 10.0. The van der Waals surface area contributed by atoms with Crippen LogP contribution in [0.25, 0.3) is 11.3 Å². The highest BCUT2D eigenvalue weighted by atomic mass is 16.5. The summed E-state index contributed by atoms with van der Waals surface area (Å²) in [6.07, 6.45) is 1.46. The van der Waals surface area contributed by atoms with Gasteiger partial charge in [-0.25, -0.2) is 4.79 Å². The molecule has 0 saturated carbocycles. The summed E-state index contributed by atoms with van der Waals surface area (Å²) in [6, 6.07) is 8.52. The Bertz CT molecular complexity index is 524. The summed E-state index contributed by atoms with van der Waals surface area (Å²) in [5.74, 6) is 0.407. The van der Waals surface area contributed by atoms with E-state index in [2.05, 4.69) is 10.1 Å². The second-order valence-electron chi connectivity index (χ2n) is 3.09. The average molecular weight is 216 g/mol. The van der Waals surface area contributed by atoms with Gasteiger partial charge < -0.3 is 9.63 Å². The molecule has 0 amide bonds. The monoisotopic (exact) mass is 216 g/mol. The molecule has 2 aromatic rings. The number of benzene rings is 1. The Morgan fingerprint density at radius 2 is 2.12 bits per heavy atom. The number of isocyanates is 1. The SMILES string of the molecule is O=C=Nc1ccc(-c2cc(CO)on2)cc1. The van der Waals surface area contributed by atoms with Crippen molar-refractivity contribution in [2.24, 2.45) is 4.99 Å². The maximum Gasteiger partial charge on any atom is 0.240 e. The van der Waals surface area contributed by atoms with E-state index < -0.39 is 0 Å². The number of carbonyl (C=O) groups excluding carboxylic acids is 1. The minimum atomic E-state index is -0.180. The van der Waals surface area contributed by atoms with Crippen molar-refractivity contribution in [1.29, 1.82) is 0 Å². The Morgan fingerprint density at radius 1 is 1.38 bits per heavy atom. The van der Waals surface area contributed by atoms with Crippen molar-refractivity contribution in [2.45, 2.75) is 6.61 Å². The number of aromatic nitrogens is 1. The van der Waals surface area contributed by atoms with E-state index in [1.54, 1.807) is 30.3 Å². The standard InChI is InChI=1S/C11H8N2O3/c14-6-10-5-11(13-16-10)8-1-3-9(4-2-8)12-7-15/h1-5,14H,6H2. The quantitative estimate of drug-likeness (QED) is 0.627. The van der Waals surface area contributed by atoms with Crippen LogP contribution in [0.15, 0.2) is 39.8 Å². The van der Waals surface area contributed by atoms with E-state index in [-0.39, 0.29) is 6.61 Å². The van der Waals surface area contributed by atoms with Crippen LogP contribution in [-0.4, -0.2) is 16.3 Å². The van der Waals surface area contributed by atoms with Crippen molar-refractivity contribution in [1.82, 2.24) is 5.16 Å². The van der Waals surface area contributed by atoms with Crippen LogP contribution in [0, 0.1) is 0 Å². The molecule has 2 rings (SSSR count). The fraction of sp³-hybridized carbons (Fsp3) is 0.0909. The van der Waals surface area contributed by atoms with Gasteiger partial charge in [0, 0.05) is 11.6 Å². The summed E-state index contributed by atoms with van der Waals surface area (Å²) < 4.78 is 4.86. The Morgan fingerprint density at radius 3 is 2.69 bits per heavy atom. The van der Waals surface area contributed by atoms with Gasteiger partial charge in [0.1, 0.15) is 12.3 Å².